The second-order valence-electron chi connectivity index (χ2n) is 19.1. The Balaban J connectivity index is 0.977. The van der Waals surface area contributed by atoms with E-state index in [0.717, 1.165) is 123 Å². The molecule has 1 aliphatic carbocycles. The third-order valence-electron chi connectivity index (χ3n) is 14.7. The number of anilines is 6. The molecule has 0 radical (unpaired) electrons. The monoisotopic (exact) mass is 948 g/mol. The summed E-state index contributed by atoms with van der Waals surface area (Å²) in [7, 11) is 0. The second kappa shape index (κ2) is 18.2. The normalized spacial score (nSPS) is 13.4. The summed E-state index contributed by atoms with van der Waals surface area (Å²) < 4.78 is 14.0. The van der Waals surface area contributed by atoms with E-state index >= 15 is 0 Å². The van der Waals surface area contributed by atoms with Gasteiger partial charge in [-0.1, -0.05) is 200 Å². The smallest absolute Gasteiger partial charge is 0.143 e. The van der Waals surface area contributed by atoms with Crippen LogP contribution in [-0.2, 0) is 0 Å². The minimum atomic E-state index is 0.209. The van der Waals surface area contributed by atoms with Crippen molar-refractivity contribution in [2.45, 2.75) is 12.3 Å². The highest BCUT2D eigenvalue weighted by Gasteiger charge is 2.27. The summed E-state index contributed by atoms with van der Waals surface area (Å²) in [6.07, 6.45) is 9.78. The Hall–Kier alpha value is -9.64. The fourth-order valence-corrected chi connectivity index (χ4v) is 11.4. The van der Waals surface area contributed by atoms with Crippen molar-refractivity contribution in [3.8, 4) is 33.8 Å². The molecule has 0 bridgehead atoms. The van der Waals surface area contributed by atoms with Crippen LogP contribution in [0.15, 0.2) is 282 Å². The summed E-state index contributed by atoms with van der Waals surface area (Å²) >= 11 is 0. The molecule has 4 nitrogen and oxygen atoms in total. The predicted octanol–water partition coefficient (Wildman–Crippen LogP) is 20.2. The van der Waals surface area contributed by atoms with Crippen molar-refractivity contribution in [1.82, 2.24) is 0 Å². The Labute approximate surface area is 429 Å². The Morgan fingerprint density at radius 1 is 0.324 bits per heavy atom. The number of furan rings is 2. The standard InChI is InChI=1S/C70H48N2O2/c1-7-23-47(24-8-1)67-59-41-39-53(43-65(59)73-69(67)49-27-11-3-12-28-49)71(51-31-15-5-16-32-51)63-45-61-56-36-20-22-38-58(56)64(46-62(61)55-35-19-21-37-57(55)63)72(52-33-17-6-18-34-52)54-40-42-60-66(44-54)74-70(50-29-13-4-14-30-50)68(60)48-25-9-2-10-26-48/h1-25,27-46,48H,26H2. The second-order valence-corrected chi connectivity index (χ2v) is 19.1. The number of allylic oxidation sites excluding steroid dienone is 4. The molecule has 0 amide bonds. The molecule has 0 saturated carbocycles. The molecular weight excluding hydrogens is 901 g/mol. The van der Waals surface area contributed by atoms with Gasteiger partial charge in [0, 0.05) is 84.6 Å². The van der Waals surface area contributed by atoms with Crippen LogP contribution in [0, 0.1) is 0 Å². The topological polar surface area (TPSA) is 32.8 Å². The number of hydrogen-bond acceptors (Lipinski definition) is 4. The Bertz CT molecular complexity index is 4270. The first-order valence-corrected chi connectivity index (χ1v) is 25.4. The molecule has 2 aromatic heterocycles. The van der Waals surface area contributed by atoms with Crippen LogP contribution in [0.5, 0.6) is 0 Å². The van der Waals surface area contributed by atoms with E-state index in [4.69, 9.17) is 8.83 Å². The van der Waals surface area contributed by atoms with E-state index in [1.807, 2.05) is 6.07 Å². The fourth-order valence-electron chi connectivity index (χ4n) is 11.4. The highest BCUT2D eigenvalue weighted by molar-refractivity contribution is 6.25. The average Bonchev–Trinajstić information content (AvgIpc) is 4.07. The van der Waals surface area contributed by atoms with E-state index in [1.54, 1.807) is 0 Å². The Morgan fingerprint density at radius 2 is 0.757 bits per heavy atom. The first kappa shape index (κ1) is 43.2. The molecule has 1 unspecified atom stereocenters. The third-order valence-corrected chi connectivity index (χ3v) is 14.7. The van der Waals surface area contributed by atoms with Gasteiger partial charge in [0.25, 0.3) is 0 Å². The van der Waals surface area contributed by atoms with E-state index in [-0.39, 0.29) is 5.92 Å². The lowest BCUT2D eigenvalue weighted by atomic mass is 9.88. The van der Waals surface area contributed by atoms with Crippen LogP contribution in [0.4, 0.5) is 34.1 Å². The fraction of sp³-hybridized carbons (Fsp3) is 0.0286. The number of fused-ring (bicyclic) bond motifs is 7. The number of hydrogen-bond donors (Lipinski definition) is 0. The van der Waals surface area contributed by atoms with Crippen LogP contribution >= 0.6 is 0 Å². The van der Waals surface area contributed by atoms with Crippen LogP contribution < -0.4 is 9.80 Å². The Kier molecular flexibility index (Phi) is 10.6. The van der Waals surface area contributed by atoms with Gasteiger partial charge >= 0.3 is 0 Å². The molecule has 0 aliphatic heterocycles. The summed E-state index contributed by atoms with van der Waals surface area (Å²) in [6, 6.07) is 89.0. The molecule has 0 saturated heterocycles. The van der Waals surface area contributed by atoms with Gasteiger partial charge in [0.2, 0.25) is 0 Å². The van der Waals surface area contributed by atoms with E-state index in [0.29, 0.717) is 0 Å². The summed E-state index contributed by atoms with van der Waals surface area (Å²) in [5.41, 5.74) is 13.5. The van der Waals surface area contributed by atoms with Gasteiger partial charge in [-0.3, -0.25) is 0 Å². The summed E-state index contributed by atoms with van der Waals surface area (Å²) in [4.78, 5) is 4.79. The highest BCUT2D eigenvalue weighted by atomic mass is 16.3. The average molecular weight is 949 g/mol. The predicted molar refractivity (Wildman–Crippen MR) is 310 cm³/mol. The van der Waals surface area contributed by atoms with Crippen molar-refractivity contribution < 1.29 is 8.83 Å². The van der Waals surface area contributed by atoms with Crippen molar-refractivity contribution in [3.63, 3.8) is 0 Å². The lowest BCUT2D eigenvalue weighted by Crippen LogP contribution is -2.12. The zero-order valence-corrected chi connectivity index (χ0v) is 40.5. The van der Waals surface area contributed by atoms with Gasteiger partial charge in [0.05, 0.1) is 11.4 Å². The molecule has 1 atom stereocenters. The maximum atomic E-state index is 7.00. The maximum Gasteiger partial charge on any atom is 0.143 e. The van der Waals surface area contributed by atoms with Crippen LogP contribution in [0.3, 0.4) is 0 Å². The molecule has 0 spiro atoms. The van der Waals surface area contributed by atoms with Gasteiger partial charge in [-0.2, -0.15) is 0 Å². The van der Waals surface area contributed by atoms with Crippen molar-refractivity contribution in [1.29, 1.82) is 0 Å². The van der Waals surface area contributed by atoms with Gasteiger partial charge in [0.15, 0.2) is 0 Å². The zero-order valence-electron chi connectivity index (χ0n) is 40.5. The van der Waals surface area contributed by atoms with Gasteiger partial charge in [0.1, 0.15) is 22.7 Å². The van der Waals surface area contributed by atoms with Crippen LogP contribution in [0.2, 0.25) is 0 Å². The lowest BCUT2D eigenvalue weighted by Gasteiger charge is -2.29. The van der Waals surface area contributed by atoms with Gasteiger partial charge in [-0.15, -0.1) is 0 Å². The number of rotatable bonds is 10. The molecular formula is C70H48N2O2. The summed E-state index contributed by atoms with van der Waals surface area (Å²) in [5.74, 6) is 1.99. The molecule has 74 heavy (non-hydrogen) atoms. The van der Waals surface area contributed by atoms with Gasteiger partial charge in [-0.25, -0.2) is 0 Å². The maximum absolute atomic E-state index is 7.00. The molecule has 4 heteroatoms. The highest BCUT2D eigenvalue weighted by Crippen LogP contribution is 2.50. The van der Waals surface area contributed by atoms with Crippen LogP contribution in [-0.4, -0.2) is 0 Å². The number of nitrogens with zero attached hydrogens (tertiary/aromatic N) is 2. The zero-order chi connectivity index (χ0) is 49.0. The van der Waals surface area contributed by atoms with E-state index < -0.39 is 0 Å². The summed E-state index contributed by atoms with van der Waals surface area (Å²) in [5, 5.41) is 9.12. The molecule has 13 aromatic rings. The van der Waals surface area contributed by atoms with Crippen molar-refractivity contribution in [3.05, 3.63) is 279 Å². The SMILES string of the molecule is C1=CCC(c2c(-c3ccccc3)oc3cc(N(c4ccccc4)c4cc5c6ccccc6c(N(c6ccccc6)c6ccc7c(-c8ccccc8)c(-c8ccccc8)oc7c6)cc5c5ccccc45)ccc23)C=C1. The van der Waals surface area contributed by atoms with Crippen LogP contribution in [0.25, 0.3) is 88.0 Å². The molecule has 0 N–H and O–H groups in total. The number of benzene rings is 11. The van der Waals surface area contributed by atoms with E-state index in [9.17, 15) is 0 Å². The third kappa shape index (κ3) is 7.38. The molecule has 14 rings (SSSR count). The van der Waals surface area contributed by atoms with Crippen LogP contribution in [0.1, 0.15) is 17.9 Å². The van der Waals surface area contributed by atoms with Crippen molar-refractivity contribution >= 4 is 88.4 Å². The van der Waals surface area contributed by atoms with E-state index in [2.05, 4.69) is 277 Å². The van der Waals surface area contributed by atoms with Crippen molar-refractivity contribution in [2.75, 3.05) is 9.80 Å². The molecule has 2 heterocycles. The van der Waals surface area contributed by atoms with E-state index in [1.165, 1.54) is 10.9 Å². The quantitative estimate of drug-likeness (QED) is 0.128. The molecule has 1 aliphatic rings. The first-order valence-electron chi connectivity index (χ1n) is 25.4. The minimum absolute atomic E-state index is 0.209. The van der Waals surface area contributed by atoms with Gasteiger partial charge < -0.3 is 18.6 Å². The largest absolute Gasteiger partial charge is 0.456 e. The number of para-hydroxylation sites is 2. The molecule has 0 fully saturated rings. The first-order chi connectivity index (χ1) is 36.7. The molecule has 350 valence electrons. The minimum Gasteiger partial charge on any atom is -0.456 e. The lowest BCUT2D eigenvalue weighted by molar-refractivity contribution is 0.623. The van der Waals surface area contributed by atoms with Gasteiger partial charge in [-0.05, 0) is 94.2 Å². The van der Waals surface area contributed by atoms with Crippen molar-refractivity contribution in [2.24, 2.45) is 0 Å². The summed E-state index contributed by atoms with van der Waals surface area (Å²) in [6.45, 7) is 0. The molecule has 11 aromatic carbocycles. The Morgan fingerprint density at radius 3 is 1.27 bits per heavy atom.